The summed E-state index contributed by atoms with van der Waals surface area (Å²) >= 11 is 1.14. The summed E-state index contributed by atoms with van der Waals surface area (Å²) in [6, 6.07) is 7.56. The molecule has 1 aromatic heterocycles. The normalized spacial score (nSPS) is 10.9. The van der Waals surface area contributed by atoms with Crippen LogP contribution in [0.25, 0.3) is 11.3 Å². The van der Waals surface area contributed by atoms with Gasteiger partial charge in [0, 0.05) is 23.5 Å². The van der Waals surface area contributed by atoms with Gasteiger partial charge in [-0.1, -0.05) is 23.5 Å². The van der Waals surface area contributed by atoms with Crippen molar-refractivity contribution in [2.75, 3.05) is 20.2 Å². The van der Waals surface area contributed by atoms with Gasteiger partial charge in [-0.25, -0.2) is 0 Å². The quantitative estimate of drug-likeness (QED) is 0.773. The van der Waals surface area contributed by atoms with Crippen LogP contribution < -0.4 is 9.61 Å². The molecule has 6 nitrogen and oxygen atoms in total. The lowest BCUT2D eigenvalue weighted by Crippen LogP contribution is -2.21. The summed E-state index contributed by atoms with van der Waals surface area (Å²) in [5.74, 6) is -0.112. The largest absolute Gasteiger partial charge is 0.493 e. The number of aromatic nitrogens is 1. The molecule has 2 rings (SSSR count). The van der Waals surface area contributed by atoms with E-state index in [1.54, 1.807) is 0 Å². The van der Waals surface area contributed by atoms with Crippen molar-refractivity contribution in [1.82, 2.24) is 9.88 Å². The lowest BCUT2D eigenvalue weighted by atomic mass is 10.1. The van der Waals surface area contributed by atoms with E-state index in [2.05, 4.69) is 4.98 Å². The molecule has 0 atom stereocenters. The van der Waals surface area contributed by atoms with Crippen LogP contribution >= 0.6 is 11.3 Å². The average molecular weight is 336 g/mol. The molecular formula is C16H20N2O4S. The third-order valence-corrected chi connectivity index (χ3v) is 4.17. The second kappa shape index (κ2) is 7.94. The summed E-state index contributed by atoms with van der Waals surface area (Å²) in [6.07, 6.45) is 0.0701. The summed E-state index contributed by atoms with van der Waals surface area (Å²) in [7, 11) is 1.84. The van der Waals surface area contributed by atoms with Gasteiger partial charge < -0.3 is 19.7 Å². The summed E-state index contributed by atoms with van der Waals surface area (Å²) in [4.78, 5) is 28.0. The second-order valence-corrected chi connectivity index (χ2v) is 6.19. The number of H-pyrrole nitrogens is 1. The number of aliphatic carboxylic acids is 1. The number of carboxylic acids is 1. The number of ether oxygens (including phenoxy) is 1. The van der Waals surface area contributed by atoms with E-state index in [1.807, 2.05) is 43.1 Å². The maximum Gasteiger partial charge on any atom is 0.305 e. The lowest BCUT2D eigenvalue weighted by molar-refractivity contribution is -0.137. The molecule has 2 N–H and O–H groups in total. The van der Waals surface area contributed by atoms with Gasteiger partial charge in [0.1, 0.15) is 5.75 Å². The van der Waals surface area contributed by atoms with Crippen molar-refractivity contribution in [2.45, 2.75) is 19.9 Å². The van der Waals surface area contributed by atoms with E-state index in [0.29, 0.717) is 19.7 Å². The van der Waals surface area contributed by atoms with Crippen LogP contribution in [-0.4, -0.2) is 41.2 Å². The fourth-order valence-corrected chi connectivity index (χ4v) is 3.18. The number of rotatable bonds is 8. The summed E-state index contributed by atoms with van der Waals surface area (Å²) in [5.41, 5.74) is 1.58. The van der Waals surface area contributed by atoms with Gasteiger partial charge >= 0.3 is 10.8 Å². The van der Waals surface area contributed by atoms with Crippen molar-refractivity contribution in [2.24, 2.45) is 0 Å². The van der Waals surface area contributed by atoms with E-state index in [0.717, 1.165) is 33.2 Å². The molecule has 0 aliphatic carbocycles. The Morgan fingerprint density at radius 2 is 2.13 bits per heavy atom. The maximum atomic E-state index is 11.8. The minimum absolute atomic E-state index is 0.0701. The van der Waals surface area contributed by atoms with E-state index >= 15 is 0 Å². The van der Waals surface area contributed by atoms with Crippen molar-refractivity contribution in [3.05, 3.63) is 38.8 Å². The fraction of sp³-hybridized carbons (Fsp3) is 0.375. The van der Waals surface area contributed by atoms with Crippen molar-refractivity contribution < 1.29 is 14.6 Å². The van der Waals surface area contributed by atoms with Gasteiger partial charge in [0.25, 0.3) is 0 Å². The van der Waals surface area contributed by atoms with Crippen molar-refractivity contribution in [3.63, 3.8) is 0 Å². The number of nitrogens with zero attached hydrogens (tertiary/aromatic N) is 1. The molecular weight excluding hydrogens is 316 g/mol. The highest BCUT2D eigenvalue weighted by Gasteiger charge is 2.16. The molecule has 124 valence electrons. The zero-order valence-electron chi connectivity index (χ0n) is 13.2. The Hall–Kier alpha value is -2.12. The van der Waals surface area contributed by atoms with Gasteiger partial charge in [-0.2, -0.15) is 0 Å². The number of para-hydroxylation sites is 1. The Kier molecular flexibility index (Phi) is 5.95. The van der Waals surface area contributed by atoms with Gasteiger partial charge in [-0.15, -0.1) is 0 Å². The van der Waals surface area contributed by atoms with Gasteiger partial charge in [-0.05, 0) is 26.1 Å². The molecule has 0 radical (unpaired) electrons. The predicted molar refractivity (Wildman–Crippen MR) is 90.1 cm³/mol. The zero-order chi connectivity index (χ0) is 16.8. The third-order valence-electron chi connectivity index (χ3n) is 3.30. The Morgan fingerprint density at radius 3 is 2.83 bits per heavy atom. The minimum atomic E-state index is -0.832. The summed E-state index contributed by atoms with van der Waals surface area (Å²) < 4.78 is 5.63. The number of thiazole rings is 1. The van der Waals surface area contributed by atoms with Crippen molar-refractivity contribution >= 4 is 17.3 Å². The smallest absolute Gasteiger partial charge is 0.305 e. The molecule has 0 bridgehead atoms. The molecule has 1 aromatic carbocycles. The first-order valence-corrected chi connectivity index (χ1v) is 8.17. The van der Waals surface area contributed by atoms with Crippen LogP contribution in [0.2, 0.25) is 0 Å². The summed E-state index contributed by atoms with van der Waals surface area (Å²) in [6.45, 7) is 3.38. The Balaban J connectivity index is 2.27. The molecule has 23 heavy (non-hydrogen) atoms. The molecule has 0 fully saturated rings. The number of benzene rings is 1. The first-order valence-electron chi connectivity index (χ1n) is 7.35. The molecule has 0 saturated heterocycles. The molecule has 0 saturated carbocycles. The maximum absolute atomic E-state index is 11.8. The van der Waals surface area contributed by atoms with E-state index in [4.69, 9.17) is 9.84 Å². The lowest BCUT2D eigenvalue weighted by Gasteiger charge is -2.16. The standard InChI is InChI=1S/C16H20N2O4S/c1-3-22-12-7-5-4-6-11(12)15-13(23-16(21)17-15)10-18(2)9-8-14(19)20/h4-7H,3,8-10H2,1-2H3,(H,17,21)(H,19,20). The topological polar surface area (TPSA) is 82.6 Å². The van der Waals surface area contributed by atoms with E-state index in [1.165, 1.54) is 0 Å². The first-order chi connectivity index (χ1) is 11.0. The van der Waals surface area contributed by atoms with Crippen LogP contribution in [-0.2, 0) is 11.3 Å². The van der Waals surface area contributed by atoms with E-state index < -0.39 is 5.97 Å². The minimum Gasteiger partial charge on any atom is -0.493 e. The fourth-order valence-electron chi connectivity index (χ4n) is 2.25. The van der Waals surface area contributed by atoms with Crippen LogP contribution in [0.5, 0.6) is 5.75 Å². The number of carboxylic acid groups (broad SMARTS) is 1. The number of hydrogen-bond donors (Lipinski definition) is 2. The van der Waals surface area contributed by atoms with Crippen LogP contribution in [0, 0.1) is 0 Å². The molecule has 7 heteroatoms. The van der Waals surface area contributed by atoms with Crippen LogP contribution in [0.4, 0.5) is 0 Å². The highest BCUT2D eigenvalue weighted by atomic mass is 32.1. The van der Waals surface area contributed by atoms with Gasteiger partial charge in [-0.3, -0.25) is 9.59 Å². The Bertz CT molecular complexity index is 723. The third kappa shape index (κ3) is 4.67. The SMILES string of the molecule is CCOc1ccccc1-c1[nH]c(=O)sc1CN(C)CCC(=O)O. The average Bonchev–Trinajstić information content (AvgIpc) is 2.86. The monoisotopic (exact) mass is 336 g/mol. The molecule has 0 unspecified atom stereocenters. The van der Waals surface area contributed by atoms with Gasteiger partial charge in [0.15, 0.2) is 0 Å². The van der Waals surface area contributed by atoms with Crippen molar-refractivity contribution in [1.29, 1.82) is 0 Å². The number of hydrogen-bond acceptors (Lipinski definition) is 5. The Labute approximate surface area is 138 Å². The number of aromatic amines is 1. The highest BCUT2D eigenvalue weighted by molar-refractivity contribution is 7.09. The highest BCUT2D eigenvalue weighted by Crippen LogP contribution is 2.32. The van der Waals surface area contributed by atoms with Crippen molar-refractivity contribution in [3.8, 4) is 17.0 Å². The Morgan fingerprint density at radius 1 is 1.39 bits per heavy atom. The van der Waals surface area contributed by atoms with Gasteiger partial charge in [0.2, 0.25) is 0 Å². The van der Waals surface area contributed by atoms with Crippen LogP contribution in [0.1, 0.15) is 18.2 Å². The zero-order valence-corrected chi connectivity index (χ0v) is 14.0. The molecule has 0 aliphatic heterocycles. The molecule has 0 amide bonds. The number of nitrogens with one attached hydrogen (secondary N) is 1. The molecule has 1 heterocycles. The summed E-state index contributed by atoms with van der Waals surface area (Å²) in [5, 5.41) is 8.76. The van der Waals surface area contributed by atoms with Crippen LogP contribution in [0.3, 0.4) is 0 Å². The molecule has 2 aromatic rings. The second-order valence-electron chi connectivity index (χ2n) is 5.12. The van der Waals surface area contributed by atoms with E-state index in [9.17, 15) is 9.59 Å². The molecule has 0 aliphatic rings. The molecule has 0 spiro atoms. The van der Waals surface area contributed by atoms with E-state index in [-0.39, 0.29) is 11.3 Å². The number of carbonyl (C=O) groups is 1. The van der Waals surface area contributed by atoms with Gasteiger partial charge in [0.05, 0.1) is 18.7 Å². The van der Waals surface area contributed by atoms with Crippen LogP contribution in [0.15, 0.2) is 29.1 Å². The predicted octanol–water partition coefficient (Wildman–Crippen LogP) is 2.41. The first kappa shape index (κ1) is 17.2.